The van der Waals surface area contributed by atoms with Crippen molar-refractivity contribution < 1.29 is 19.4 Å². The Kier molecular flexibility index (Phi) is 2.26. The van der Waals surface area contributed by atoms with Gasteiger partial charge >= 0.3 is 5.97 Å². The Labute approximate surface area is 64.4 Å². The largest absolute Gasteiger partial charge is 0.423 e. The standard InChI is InChI=1S/C7H10O4/c1-2-10-7(5-8)4-3-6(9)11-7/h3-4,8H,2,5H2,1H3. The molecule has 0 saturated heterocycles. The second kappa shape index (κ2) is 3.02. The van der Waals surface area contributed by atoms with Crippen LogP contribution in [0, 0.1) is 0 Å². The summed E-state index contributed by atoms with van der Waals surface area (Å²) >= 11 is 0. The molecule has 4 heteroatoms. The molecule has 11 heavy (non-hydrogen) atoms. The van der Waals surface area contributed by atoms with Crippen molar-refractivity contribution in [3.63, 3.8) is 0 Å². The molecule has 1 atom stereocenters. The lowest BCUT2D eigenvalue weighted by atomic mass is 10.3. The maximum atomic E-state index is 10.6. The van der Waals surface area contributed by atoms with Crippen molar-refractivity contribution in [2.45, 2.75) is 12.7 Å². The van der Waals surface area contributed by atoms with Crippen molar-refractivity contribution in [3.05, 3.63) is 12.2 Å². The number of hydrogen-bond donors (Lipinski definition) is 1. The molecule has 0 aliphatic carbocycles. The van der Waals surface area contributed by atoms with Gasteiger partial charge in [0, 0.05) is 12.7 Å². The van der Waals surface area contributed by atoms with Gasteiger partial charge in [-0.15, -0.1) is 0 Å². The average molecular weight is 158 g/mol. The van der Waals surface area contributed by atoms with Crippen molar-refractivity contribution in [1.29, 1.82) is 0 Å². The minimum absolute atomic E-state index is 0.344. The SMILES string of the molecule is CCOC1(CO)C=CC(=O)O1. The Balaban J connectivity index is 2.63. The second-order valence-electron chi connectivity index (χ2n) is 2.16. The molecule has 0 aromatic rings. The van der Waals surface area contributed by atoms with Crippen molar-refractivity contribution >= 4 is 5.97 Å². The van der Waals surface area contributed by atoms with E-state index >= 15 is 0 Å². The maximum absolute atomic E-state index is 10.6. The molecule has 0 bridgehead atoms. The van der Waals surface area contributed by atoms with E-state index in [-0.39, 0.29) is 6.61 Å². The Morgan fingerprint density at radius 3 is 2.91 bits per heavy atom. The molecule has 1 rings (SSSR count). The van der Waals surface area contributed by atoms with Crippen molar-refractivity contribution in [1.82, 2.24) is 0 Å². The first-order chi connectivity index (χ1) is 5.22. The highest BCUT2D eigenvalue weighted by molar-refractivity contribution is 5.84. The summed E-state index contributed by atoms with van der Waals surface area (Å²) in [7, 11) is 0. The van der Waals surface area contributed by atoms with Crippen LogP contribution >= 0.6 is 0 Å². The third-order valence-electron chi connectivity index (χ3n) is 1.36. The molecule has 4 nitrogen and oxygen atoms in total. The molecule has 0 saturated carbocycles. The third-order valence-corrected chi connectivity index (χ3v) is 1.36. The van der Waals surface area contributed by atoms with Gasteiger partial charge in [-0.3, -0.25) is 0 Å². The third kappa shape index (κ3) is 1.58. The van der Waals surface area contributed by atoms with Crippen molar-refractivity contribution in [2.75, 3.05) is 13.2 Å². The number of esters is 1. The minimum atomic E-state index is -1.22. The van der Waals surface area contributed by atoms with Gasteiger partial charge in [-0.25, -0.2) is 4.79 Å². The van der Waals surface area contributed by atoms with Gasteiger partial charge in [0.1, 0.15) is 6.61 Å². The van der Waals surface area contributed by atoms with E-state index in [4.69, 9.17) is 14.6 Å². The summed E-state index contributed by atoms with van der Waals surface area (Å²) in [6.45, 7) is 1.80. The van der Waals surface area contributed by atoms with Gasteiger partial charge in [-0.2, -0.15) is 0 Å². The zero-order valence-electron chi connectivity index (χ0n) is 6.24. The van der Waals surface area contributed by atoms with Gasteiger partial charge in [-0.1, -0.05) is 0 Å². The lowest BCUT2D eigenvalue weighted by molar-refractivity contribution is -0.209. The second-order valence-corrected chi connectivity index (χ2v) is 2.16. The van der Waals surface area contributed by atoms with Crippen molar-refractivity contribution in [2.24, 2.45) is 0 Å². The Morgan fingerprint density at radius 2 is 2.55 bits per heavy atom. The summed E-state index contributed by atoms with van der Waals surface area (Å²) in [4.78, 5) is 10.6. The van der Waals surface area contributed by atoms with Gasteiger partial charge in [0.05, 0.1) is 0 Å². The summed E-state index contributed by atoms with van der Waals surface area (Å²) in [6, 6.07) is 0. The fourth-order valence-electron chi connectivity index (χ4n) is 0.886. The van der Waals surface area contributed by atoms with Crippen molar-refractivity contribution in [3.8, 4) is 0 Å². The quantitative estimate of drug-likeness (QED) is 0.579. The topological polar surface area (TPSA) is 55.8 Å². The number of carbonyl (C=O) groups excluding carboxylic acids is 1. The highest BCUT2D eigenvalue weighted by Gasteiger charge is 2.35. The molecule has 0 fully saturated rings. The molecule has 0 aromatic carbocycles. The zero-order valence-corrected chi connectivity index (χ0v) is 6.24. The monoisotopic (exact) mass is 158 g/mol. The molecule has 0 amide bonds. The van der Waals surface area contributed by atoms with Crippen LogP contribution in [0.25, 0.3) is 0 Å². The van der Waals surface area contributed by atoms with Crippen LogP contribution < -0.4 is 0 Å². The Hall–Kier alpha value is -0.870. The lowest BCUT2D eigenvalue weighted by Crippen LogP contribution is -2.36. The average Bonchev–Trinajstić information content (AvgIpc) is 2.34. The number of hydrogen-bond acceptors (Lipinski definition) is 4. The first-order valence-corrected chi connectivity index (χ1v) is 3.39. The van der Waals surface area contributed by atoms with E-state index in [1.807, 2.05) is 0 Å². The van der Waals surface area contributed by atoms with Gasteiger partial charge in [0.15, 0.2) is 0 Å². The van der Waals surface area contributed by atoms with Crippen LogP contribution in [-0.2, 0) is 14.3 Å². The number of carbonyl (C=O) groups is 1. The molecular weight excluding hydrogens is 148 g/mol. The highest BCUT2D eigenvalue weighted by atomic mass is 16.7. The summed E-state index contributed by atoms with van der Waals surface area (Å²) in [5, 5.41) is 8.81. The van der Waals surface area contributed by atoms with Gasteiger partial charge in [-0.05, 0) is 13.0 Å². The predicted octanol–water partition coefficient (Wildman–Crippen LogP) is -0.175. The number of rotatable bonds is 3. The summed E-state index contributed by atoms with van der Waals surface area (Å²) in [5.41, 5.74) is 0. The van der Waals surface area contributed by atoms with Gasteiger partial charge < -0.3 is 14.6 Å². The number of cyclic esters (lactones) is 1. The van der Waals surface area contributed by atoms with E-state index in [0.717, 1.165) is 0 Å². The van der Waals surface area contributed by atoms with E-state index in [1.165, 1.54) is 12.2 Å². The molecule has 1 aliphatic heterocycles. The summed E-state index contributed by atoms with van der Waals surface area (Å²) in [6.07, 6.45) is 2.66. The molecule has 1 unspecified atom stereocenters. The molecule has 1 N–H and O–H groups in total. The molecule has 0 spiro atoms. The molecule has 1 heterocycles. The maximum Gasteiger partial charge on any atom is 0.333 e. The van der Waals surface area contributed by atoms with E-state index in [2.05, 4.69) is 0 Å². The highest BCUT2D eigenvalue weighted by Crippen LogP contribution is 2.20. The van der Waals surface area contributed by atoms with E-state index < -0.39 is 11.8 Å². The fourth-order valence-corrected chi connectivity index (χ4v) is 0.886. The Morgan fingerprint density at radius 1 is 1.82 bits per heavy atom. The van der Waals surface area contributed by atoms with E-state index in [1.54, 1.807) is 6.92 Å². The number of ether oxygens (including phenoxy) is 2. The molecule has 62 valence electrons. The first kappa shape index (κ1) is 8.23. The van der Waals surface area contributed by atoms with E-state index in [9.17, 15) is 4.79 Å². The van der Waals surface area contributed by atoms with Crippen LogP contribution in [0.15, 0.2) is 12.2 Å². The van der Waals surface area contributed by atoms with Crippen LogP contribution in [0.2, 0.25) is 0 Å². The number of aliphatic hydroxyl groups excluding tert-OH is 1. The van der Waals surface area contributed by atoms with Crippen LogP contribution in [-0.4, -0.2) is 30.1 Å². The smallest absolute Gasteiger partial charge is 0.333 e. The Bertz CT molecular complexity index is 187. The molecule has 0 radical (unpaired) electrons. The molecule has 1 aliphatic rings. The van der Waals surface area contributed by atoms with Gasteiger partial charge in [0.25, 0.3) is 5.79 Å². The fraction of sp³-hybridized carbons (Fsp3) is 0.571. The normalized spacial score (nSPS) is 29.1. The van der Waals surface area contributed by atoms with Crippen LogP contribution in [0.5, 0.6) is 0 Å². The summed E-state index contributed by atoms with van der Waals surface area (Å²) in [5.74, 6) is -1.70. The predicted molar refractivity (Wildman–Crippen MR) is 36.7 cm³/mol. The summed E-state index contributed by atoms with van der Waals surface area (Å²) < 4.78 is 9.75. The minimum Gasteiger partial charge on any atom is -0.423 e. The molecule has 0 aromatic heterocycles. The lowest BCUT2D eigenvalue weighted by Gasteiger charge is -2.22. The number of aliphatic hydroxyl groups is 1. The van der Waals surface area contributed by atoms with Gasteiger partial charge in [0.2, 0.25) is 0 Å². The molecular formula is C7H10O4. The zero-order chi connectivity index (χ0) is 8.32. The van der Waals surface area contributed by atoms with Crippen LogP contribution in [0.1, 0.15) is 6.92 Å². The van der Waals surface area contributed by atoms with Crippen LogP contribution in [0.3, 0.4) is 0 Å². The first-order valence-electron chi connectivity index (χ1n) is 3.39. The van der Waals surface area contributed by atoms with Crippen LogP contribution in [0.4, 0.5) is 0 Å². The van der Waals surface area contributed by atoms with E-state index in [0.29, 0.717) is 6.61 Å².